The Balaban J connectivity index is 1.90. The summed E-state index contributed by atoms with van der Waals surface area (Å²) in [5.74, 6) is 0.589. The van der Waals surface area contributed by atoms with Gasteiger partial charge in [-0.05, 0) is 31.7 Å². The number of aliphatic carboxylic acids is 1. The molecule has 1 aromatic carbocycles. The molecular formula is C17H22O5. The number of benzene rings is 1. The number of hydrogen-bond acceptors (Lipinski definition) is 4. The summed E-state index contributed by atoms with van der Waals surface area (Å²) in [5.41, 5.74) is 0.658. The van der Waals surface area contributed by atoms with E-state index in [0.29, 0.717) is 18.1 Å². The van der Waals surface area contributed by atoms with Crippen LogP contribution in [0.1, 0.15) is 37.7 Å². The fourth-order valence-corrected chi connectivity index (χ4v) is 3.17. The second kappa shape index (κ2) is 6.16. The van der Waals surface area contributed by atoms with Gasteiger partial charge in [-0.25, -0.2) is 0 Å². The molecule has 1 saturated heterocycles. The van der Waals surface area contributed by atoms with Crippen LogP contribution in [0, 0.1) is 0 Å². The van der Waals surface area contributed by atoms with Crippen molar-refractivity contribution in [1.29, 1.82) is 0 Å². The lowest BCUT2D eigenvalue weighted by atomic mass is 9.91. The highest BCUT2D eigenvalue weighted by Crippen LogP contribution is 2.55. The Labute approximate surface area is 130 Å². The lowest BCUT2D eigenvalue weighted by Gasteiger charge is -2.27. The number of hydrogen-bond donors (Lipinski definition) is 1. The van der Waals surface area contributed by atoms with Gasteiger partial charge < -0.3 is 19.3 Å². The predicted octanol–water partition coefficient (Wildman–Crippen LogP) is 2.76. The van der Waals surface area contributed by atoms with Gasteiger partial charge >= 0.3 is 5.97 Å². The van der Waals surface area contributed by atoms with Crippen LogP contribution < -0.4 is 9.47 Å². The second-order valence-corrected chi connectivity index (χ2v) is 6.14. The van der Waals surface area contributed by atoms with Gasteiger partial charge in [-0.1, -0.05) is 12.1 Å². The van der Waals surface area contributed by atoms with E-state index in [2.05, 4.69) is 0 Å². The zero-order valence-corrected chi connectivity index (χ0v) is 12.8. The summed E-state index contributed by atoms with van der Waals surface area (Å²) in [5, 5.41) is 9.20. The predicted molar refractivity (Wildman–Crippen MR) is 80.6 cm³/mol. The Morgan fingerprint density at radius 1 is 1.45 bits per heavy atom. The summed E-state index contributed by atoms with van der Waals surface area (Å²) in [6.07, 6.45) is 3.83. The zero-order chi connectivity index (χ0) is 15.6. The van der Waals surface area contributed by atoms with E-state index in [9.17, 15) is 9.90 Å². The highest BCUT2D eigenvalue weighted by Gasteiger charge is 2.48. The van der Waals surface area contributed by atoms with Crippen molar-refractivity contribution < 1.29 is 24.1 Å². The molecule has 1 N–H and O–H groups in total. The lowest BCUT2D eigenvalue weighted by Crippen LogP contribution is -2.29. The average molecular weight is 306 g/mol. The number of carboxylic acids is 1. The first-order valence-corrected chi connectivity index (χ1v) is 7.78. The normalized spacial score (nSPS) is 22.9. The third-order valence-electron chi connectivity index (χ3n) is 4.52. The molecule has 0 bridgehead atoms. The molecule has 5 nitrogen and oxygen atoms in total. The Bertz CT molecular complexity index is 544. The van der Waals surface area contributed by atoms with Gasteiger partial charge in [0, 0.05) is 17.6 Å². The first-order chi connectivity index (χ1) is 10.6. The minimum absolute atomic E-state index is 0.00410. The van der Waals surface area contributed by atoms with Crippen LogP contribution in [0.25, 0.3) is 0 Å². The van der Waals surface area contributed by atoms with Crippen LogP contribution in [0.15, 0.2) is 18.2 Å². The standard InChI is InChI=1S/C17H22O5/c1-20-14-6-2-5-13(17(7-8-17)10-15(18)19)16(14)22-12-4-3-9-21-11-12/h2,5-6,12H,3-4,7-11H2,1H3,(H,18,19). The van der Waals surface area contributed by atoms with Crippen molar-refractivity contribution in [2.45, 2.75) is 43.6 Å². The van der Waals surface area contributed by atoms with Gasteiger partial charge in [0.1, 0.15) is 6.10 Å². The quantitative estimate of drug-likeness (QED) is 0.875. The van der Waals surface area contributed by atoms with E-state index in [-0.39, 0.29) is 17.9 Å². The van der Waals surface area contributed by atoms with E-state index in [1.165, 1.54) is 0 Å². The van der Waals surface area contributed by atoms with Crippen LogP contribution in [-0.2, 0) is 14.9 Å². The maximum absolute atomic E-state index is 11.2. The molecule has 5 heteroatoms. The van der Waals surface area contributed by atoms with Gasteiger partial charge in [-0.3, -0.25) is 4.79 Å². The van der Waals surface area contributed by atoms with Crippen molar-refractivity contribution in [2.24, 2.45) is 0 Å². The molecule has 3 rings (SSSR count). The Morgan fingerprint density at radius 2 is 2.27 bits per heavy atom. The minimum atomic E-state index is -0.771. The van der Waals surface area contributed by atoms with Gasteiger partial charge in [0.05, 0.1) is 20.1 Å². The average Bonchev–Trinajstić information content (AvgIpc) is 3.28. The van der Waals surface area contributed by atoms with Crippen LogP contribution in [0.3, 0.4) is 0 Å². The molecule has 2 aliphatic rings. The topological polar surface area (TPSA) is 65.0 Å². The lowest BCUT2D eigenvalue weighted by molar-refractivity contribution is -0.137. The third kappa shape index (κ3) is 3.04. The van der Waals surface area contributed by atoms with E-state index in [1.54, 1.807) is 7.11 Å². The monoisotopic (exact) mass is 306 g/mol. The van der Waals surface area contributed by atoms with Crippen molar-refractivity contribution in [3.8, 4) is 11.5 Å². The molecule has 0 radical (unpaired) electrons. The Morgan fingerprint density at radius 3 is 2.86 bits per heavy atom. The number of carboxylic acid groups (broad SMARTS) is 1. The van der Waals surface area contributed by atoms with Gasteiger partial charge in [0.25, 0.3) is 0 Å². The Hall–Kier alpha value is -1.75. The van der Waals surface area contributed by atoms with E-state index < -0.39 is 5.97 Å². The molecule has 1 atom stereocenters. The number of rotatable bonds is 6. The van der Waals surface area contributed by atoms with Crippen molar-refractivity contribution in [1.82, 2.24) is 0 Å². The molecule has 120 valence electrons. The summed E-state index contributed by atoms with van der Waals surface area (Å²) >= 11 is 0. The minimum Gasteiger partial charge on any atom is -0.493 e. The number of methoxy groups -OCH3 is 1. The van der Waals surface area contributed by atoms with E-state index in [4.69, 9.17) is 14.2 Å². The SMILES string of the molecule is COc1cccc(C2(CC(=O)O)CC2)c1OC1CCCOC1. The van der Waals surface area contributed by atoms with Crippen LogP contribution >= 0.6 is 0 Å². The number of carbonyl (C=O) groups is 1. The van der Waals surface area contributed by atoms with Crippen molar-refractivity contribution in [3.63, 3.8) is 0 Å². The maximum atomic E-state index is 11.2. The van der Waals surface area contributed by atoms with Crippen LogP contribution in [0.4, 0.5) is 0 Å². The van der Waals surface area contributed by atoms with Gasteiger partial charge in [0.2, 0.25) is 0 Å². The Kier molecular flexibility index (Phi) is 4.25. The molecule has 0 aromatic heterocycles. The molecule has 0 amide bonds. The van der Waals surface area contributed by atoms with Gasteiger partial charge in [-0.15, -0.1) is 0 Å². The van der Waals surface area contributed by atoms with Crippen molar-refractivity contribution in [2.75, 3.05) is 20.3 Å². The first kappa shape index (κ1) is 15.2. The van der Waals surface area contributed by atoms with Crippen molar-refractivity contribution in [3.05, 3.63) is 23.8 Å². The zero-order valence-electron chi connectivity index (χ0n) is 12.8. The third-order valence-corrected chi connectivity index (χ3v) is 4.52. The van der Waals surface area contributed by atoms with Gasteiger partial charge in [0.15, 0.2) is 11.5 Å². The summed E-state index contributed by atoms with van der Waals surface area (Å²) in [7, 11) is 1.61. The molecule has 1 aliphatic carbocycles. The molecule has 1 heterocycles. The highest BCUT2D eigenvalue weighted by atomic mass is 16.5. The van der Waals surface area contributed by atoms with Crippen molar-refractivity contribution >= 4 is 5.97 Å². The molecule has 1 unspecified atom stereocenters. The first-order valence-electron chi connectivity index (χ1n) is 7.78. The highest BCUT2D eigenvalue weighted by molar-refractivity contribution is 5.71. The fourth-order valence-electron chi connectivity index (χ4n) is 3.17. The van der Waals surface area contributed by atoms with Crippen LogP contribution in [0.5, 0.6) is 11.5 Å². The summed E-state index contributed by atoms with van der Waals surface area (Å²) < 4.78 is 17.1. The van der Waals surface area contributed by atoms with Crippen LogP contribution in [0.2, 0.25) is 0 Å². The second-order valence-electron chi connectivity index (χ2n) is 6.14. The molecule has 1 aromatic rings. The molecule has 1 saturated carbocycles. The maximum Gasteiger partial charge on any atom is 0.304 e. The van der Waals surface area contributed by atoms with E-state index in [0.717, 1.165) is 37.9 Å². The summed E-state index contributed by atoms with van der Waals surface area (Å²) in [6, 6.07) is 5.73. The van der Waals surface area contributed by atoms with Gasteiger partial charge in [-0.2, -0.15) is 0 Å². The molecule has 22 heavy (non-hydrogen) atoms. The summed E-state index contributed by atoms with van der Waals surface area (Å²) in [4.78, 5) is 11.2. The molecule has 2 fully saturated rings. The largest absolute Gasteiger partial charge is 0.493 e. The smallest absolute Gasteiger partial charge is 0.304 e. The number of ether oxygens (including phenoxy) is 3. The molecular weight excluding hydrogens is 284 g/mol. The van der Waals surface area contributed by atoms with Crippen LogP contribution in [-0.4, -0.2) is 37.5 Å². The molecule has 1 aliphatic heterocycles. The fraction of sp³-hybridized carbons (Fsp3) is 0.588. The number of para-hydroxylation sites is 1. The summed E-state index contributed by atoms with van der Waals surface area (Å²) in [6.45, 7) is 1.35. The van der Waals surface area contributed by atoms with E-state index >= 15 is 0 Å². The molecule has 0 spiro atoms. The van der Waals surface area contributed by atoms with E-state index in [1.807, 2.05) is 18.2 Å².